The number of nitrogens with zero attached hydrogens (tertiary/aromatic N) is 1. The molecule has 1 N–H and O–H groups in total. The molecule has 2 atom stereocenters. The van der Waals surface area contributed by atoms with Gasteiger partial charge < -0.3 is 5.32 Å². The summed E-state index contributed by atoms with van der Waals surface area (Å²) in [6.45, 7) is 7.73. The summed E-state index contributed by atoms with van der Waals surface area (Å²) in [5.41, 5.74) is 3.98. The maximum Gasteiger partial charge on any atom is 0.0450 e. The highest BCUT2D eigenvalue weighted by molar-refractivity contribution is 5.32. The third-order valence-corrected chi connectivity index (χ3v) is 4.04. The summed E-state index contributed by atoms with van der Waals surface area (Å²) in [7, 11) is 0. The summed E-state index contributed by atoms with van der Waals surface area (Å²) in [6, 6.07) is 15.2. The first kappa shape index (κ1) is 15.7. The number of hydrogen-bond donors (Lipinski definition) is 1. The number of aromatic nitrogens is 1. The van der Waals surface area contributed by atoms with E-state index in [9.17, 15) is 0 Å². The molecule has 0 bridgehead atoms. The summed E-state index contributed by atoms with van der Waals surface area (Å²) < 4.78 is 0. The van der Waals surface area contributed by atoms with Crippen LogP contribution in [0.15, 0.2) is 48.7 Å². The van der Waals surface area contributed by atoms with Crippen LogP contribution >= 0.6 is 0 Å². The lowest BCUT2D eigenvalue weighted by atomic mass is 9.88. The molecule has 2 nitrogen and oxygen atoms in total. The molecule has 2 aromatic rings. The number of nitrogens with one attached hydrogen (secondary N) is 1. The molecule has 0 radical (unpaired) electrons. The number of aryl methyl sites for hydroxylation is 1. The van der Waals surface area contributed by atoms with Gasteiger partial charge in [0.05, 0.1) is 0 Å². The Kier molecular flexibility index (Phi) is 5.94. The average molecular weight is 282 g/mol. The first-order chi connectivity index (χ1) is 10.3. The predicted molar refractivity (Wildman–Crippen MR) is 89.5 cm³/mol. The normalized spacial score (nSPS) is 13.9. The van der Waals surface area contributed by atoms with Crippen LogP contribution < -0.4 is 5.32 Å². The third kappa shape index (κ3) is 3.92. The van der Waals surface area contributed by atoms with Crippen molar-refractivity contribution in [1.82, 2.24) is 10.3 Å². The molecular formula is C19H26N2. The van der Waals surface area contributed by atoms with Crippen molar-refractivity contribution in [2.24, 2.45) is 0 Å². The summed E-state index contributed by atoms with van der Waals surface area (Å²) in [4.78, 5) is 4.55. The van der Waals surface area contributed by atoms with Gasteiger partial charge in [-0.25, -0.2) is 0 Å². The summed E-state index contributed by atoms with van der Waals surface area (Å²) in [6.07, 6.45) is 4.09. The first-order valence-electron chi connectivity index (χ1n) is 8.00. The van der Waals surface area contributed by atoms with Crippen molar-refractivity contribution >= 4 is 0 Å². The molecule has 0 fully saturated rings. The van der Waals surface area contributed by atoms with Crippen LogP contribution in [-0.4, -0.2) is 11.5 Å². The lowest BCUT2D eigenvalue weighted by molar-refractivity contribution is 0.457. The van der Waals surface area contributed by atoms with Gasteiger partial charge in [0.25, 0.3) is 0 Å². The molecule has 0 aliphatic rings. The average Bonchev–Trinajstić information content (AvgIpc) is 2.56. The van der Waals surface area contributed by atoms with E-state index >= 15 is 0 Å². The summed E-state index contributed by atoms with van der Waals surface area (Å²) >= 11 is 0. The fourth-order valence-electron chi connectivity index (χ4n) is 2.83. The largest absolute Gasteiger partial charge is 0.309 e. The minimum atomic E-state index is 0.316. The van der Waals surface area contributed by atoms with E-state index in [1.165, 1.54) is 11.1 Å². The summed E-state index contributed by atoms with van der Waals surface area (Å²) in [5.74, 6) is 0.352. The first-order valence-corrected chi connectivity index (χ1v) is 8.00. The Morgan fingerprint density at radius 2 is 1.81 bits per heavy atom. The molecule has 0 spiro atoms. The molecule has 2 unspecified atom stereocenters. The quantitative estimate of drug-likeness (QED) is 0.809. The molecule has 112 valence electrons. The van der Waals surface area contributed by atoms with Gasteiger partial charge in [0.15, 0.2) is 0 Å². The number of hydrogen-bond acceptors (Lipinski definition) is 2. The Bertz CT molecular complexity index is 536. The van der Waals surface area contributed by atoms with E-state index in [4.69, 9.17) is 0 Å². The molecule has 0 saturated carbocycles. The van der Waals surface area contributed by atoms with Gasteiger partial charge in [-0.05, 0) is 42.6 Å². The standard InChI is InChI=1S/C19H26N2/c1-4-13-21-19(15(3)18-12-8-9-14-20-18)17-11-7-6-10-16(17)5-2/h6-12,14-15,19,21H,4-5,13H2,1-3H3. The molecule has 2 rings (SSSR count). The fourth-order valence-corrected chi connectivity index (χ4v) is 2.83. The van der Waals surface area contributed by atoms with Gasteiger partial charge in [-0.3, -0.25) is 4.98 Å². The van der Waals surface area contributed by atoms with Crippen molar-refractivity contribution in [3.8, 4) is 0 Å². The Morgan fingerprint density at radius 1 is 1.05 bits per heavy atom. The van der Waals surface area contributed by atoms with Crippen molar-refractivity contribution in [2.45, 2.75) is 45.6 Å². The Balaban J connectivity index is 2.33. The molecule has 1 heterocycles. The van der Waals surface area contributed by atoms with Crippen LogP contribution in [0, 0.1) is 0 Å². The monoisotopic (exact) mass is 282 g/mol. The second kappa shape index (κ2) is 7.94. The van der Waals surface area contributed by atoms with Crippen LogP contribution in [-0.2, 0) is 6.42 Å². The maximum absolute atomic E-state index is 4.55. The van der Waals surface area contributed by atoms with Gasteiger partial charge in [-0.1, -0.05) is 51.1 Å². The van der Waals surface area contributed by atoms with Crippen molar-refractivity contribution in [2.75, 3.05) is 6.54 Å². The van der Waals surface area contributed by atoms with E-state index in [1.807, 2.05) is 12.3 Å². The van der Waals surface area contributed by atoms with Gasteiger partial charge >= 0.3 is 0 Å². The second-order valence-electron chi connectivity index (χ2n) is 5.53. The van der Waals surface area contributed by atoms with Crippen molar-refractivity contribution in [3.63, 3.8) is 0 Å². The second-order valence-corrected chi connectivity index (χ2v) is 5.53. The SMILES string of the molecule is CCCNC(c1ccccc1CC)C(C)c1ccccn1. The fraction of sp³-hybridized carbons (Fsp3) is 0.421. The molecule has 0 amide bonds. The minimum Gasteiger partial charge on any atom is -0.309 e. The van der Waals surface area contributed by atoms with Crippen LogP contribution in [0.5, 0.6) is 0 Å². The van der Waals surface area contributed by atoms with Crippen LogP contribution in [0.25, 0.3) is 0 Å². The number of pyridine rings is 1. The van der Waals surface area contributed by atoms with E-state index in [0.29, 0.717) is 12.0 Å². The van der Waals surface area contributed by atoms with Crippen molar-refractivity contribution in [3.05, 3.63) is 65.5 Å². The van der Waals surface area contributed by atoms with E-state index in [-0.39, 0.29) is 0 Å². The van der Waals surface area contributed by atoms with Gasteiger partial charge in [0, 0.05) is 23.9 Å². The zero-order valence-corrected chi connectivity index (χ0v) is 13.3. The molecular weight excluding hydrogens is 256 g/mol. The smallest absolute Gasteiger partial charge is 0.0450 e. The van der Waals surface area contributed by atoms with Crippen molar-refractivity contribution in [1.29, 1.82) is 0 Å². The van der Waals surface area contributed by atoms with Crippen LogP contribution in [0.4, 0.5) is 0 Å². The Hall–Kier alpha value is -1.67. The topological polar surface area (TPSA) is 24.9 Å². The van der Waals surface area contributed by atoms with E-state index in [1.54, 1.807) is 0 Å². The highest BCUT2D eigenvalue weighted by atomic mass is 14.9. The zero-order valence-electron chi connectivity index (χ0n) is 13.3. The van der Waals surface area contributed by atoms with Gasteiger partial charge in [-0.15, -0.1) is 0 Å². The van der Waals surface area contributed by atoms with Gasteiger partial charge in [0.1, 0.15) is 0 Å². The predicted octanol–water partition coefficient (Wildman–Crippen LogP) is 4.49. The molecule has 1 aromatic carbocycles. The summed E-state index contributed by atoms with van der Waals surface area (Å²) in [5, 5.41) is 3.72. The van der Waals surface area contributed by atoms with Crippen LogP contribution in [0.2, 0.25) is 0 Å². The number of benzene rings is 1. The molecule has 0 saturated heterocycles. The molecule has 0 aliphatic heterocycles. The highest BCUT2D eigenvalue weighted by Crippen LogP contribution is 2.31. The third-order valence-electron chi connectivity index (χ3n) is 4.04. The van der Waals surface area contributed by atoms with Crippen LogP contribution in [0.1, 0.15) is 56.0 Å². The maximum atomic E-state index is 4.55. The van der Waals surface area contributed by atoms with E-state index in [0.717, 1.165) is 25.1 Å². The van der Waals surface area contributed by atoms with E-state index in [2.05, 4.69) is 67.5 Å². The molecule has 1 aromatic heterocycles. The van der Waals surface area contributed by atoms with E-state index < -0.39 is 0 Å². The Labute approximate surface area is 128 Å². The van der Waals surface area contributed by atoms with Crippen molar-refractivity contribution < 1.29 is 0 Å². The molecule has 21 heavy (non-hydrogen) atoms. The molecule has 0 aliphatic carbocycles. The van der Waals surface area contributed by atoms with Crippen LogP contribution in [0.3, 0.4) is 0 Å². The Morgan fingerprint density at radius 3 is 2.48 bits per heavy atom. The van der Waals surface area contributed by atoms with Gasteiger partial charge in [0.2, 0.25) is 0 Å². The number of rotatable bonds is 7. The zero-order chi connectivity index (χ0) is 15.1. The lowest BCUT2D eigenvalue weighted by Gasteiger charge is -2.27. The minimum absolute atomic E-state index is 0.316. The molecule has 2 heteroatoms. The highest BCUT2D eigenvalue weighted by Gasteiger charge is 2.22. The lowest BCUT2D eigenvalue weighted by Crippen LogP contribution is -2.28. The van der Waals surface area contributed by atoms with Gasteiger partial charge in [-0.2, -0.15) is 0 Å².